The Morgan fingerprint density at radius 2 is 1.69 bits per heavy atom. The van der Waals surface area contributed by atoms with Crippen LogP contribution in [0.4, 0.5) is 23.4 Å². The van der Waals surface area contributed by atoms with Crippen LogP contribution in [0.25, 0.3) is 10.9 Å². The van der Waals surface area contributed by atoms with Crippen LogP contribution in [0.15, 0.2) is 42.5 Å². The Labute approximate surface area is 147 Å². The van der Waals surface area contributed by atoms with Gasteiger partial charge in [0.15, 0.2) is 5.82 Å². The van der Waals surface area contributed by atoms with Crippen molar-refractivity contribution in [1.29, 1.82) is 0 Å². The van der Waals surface area contributed by atoms with E-state index in [1.165, 1.54) is 18.2 Å². The largest absolute Gasteiger partial charge is 0.355 e. The molecule has 0 spiro atoms. The maximum Gasteiger partial charge on any atom is 0.297 e. The van der Waals surface area contributed by atoms with E-state index in [0.717, 1.165) is 0 Å². The quantitative estimate of drug-likeness (QED) is 0.625. The molecule has 0 bridgehead atoms. The van der Waals surface area contributed by atoms with E-state index in [1.54, 1.807) is 29.2 Å². The third-order valence-corrected chi connectivity index (χ3v) is 4.69. The molecule has 0 aliphatic carbocycles. The van der Waals surface area contributed by atoms with Crippen LogP contribution in [-0.2, 0) is 0 Å². The zero-order chi connectivity index (χ0) is 18.3. The molecule has 134 valence electrons. The summed E-state index contributed by atoms with van der Waals surface area (Å²) < 4.78 is 54.5. The molecule has 0 saturated carbocycles. The minimum atomic E-state index is -2.79. The molecule has 1 atom stereocenters. The third-order valence-electron chi connectivity index (χ3n) is 4.69. The molecule has 7 heteroatoms. The molecule has 1 aliphatic rings. The van der Waals surface area contributed by atoms with E-state index in [9.17, 15) is 17.6 Å². The first-order valence-electron chi connectivity index (χ1n) is 8.28. The number of benzene rings is 2. The number of hydrogen-bond acceptors (Lipinski definition) is 3. The van der Waals surface area contributed by atoms with Crippen molar-refractivity contribution in [2.45, 2.75) is 18.8 Å². The standard InChI is InChI=1S/C19H15F4N3/c20-13-5-3-6-14(21)16(13)11-8-9-26(10-11)19-12-4-1-2-7-15(12)24-18(25-19)17(22)23/h1-7,11,17H,8-10H2. The fourth-order valence-electron chi connectivity index (χ4n) is 3.50. The second-order valence-corrected chi connectivity index (χ2v) is 6.29. The smallest absolute Gasteiger partial charge is 0.297 e. The number of anilines is 1. The van der Waals surface area contributed by atoms with Crippen LogP contribution in [0.3, 0.4) is 0 Å². The minimum Gasteiger partial charge on any atom is -0.355 e. The Morgan fingerprint density at radius 1 is 0.962 bits per heavy atom. The lowest BCUT2D eigenvalue weighted by atomic mass is 9.97. The van der Waals surface area contributed by atoms with Crippen LogP contribution in [0.2, 0.25) is 0 Å². The fourth-order valence-corrected chi connectivity index (χ4v) is 3.50. The number of fused-ring (bicyclic) bond motifs is 1. The fraction of sp³-hybridized carbons (Fsp3) is 0.263. The van der Waals surface area contributed by atoms with Crippen LogP contribution >= 0.6 is 0 Å². The average molecular weight is 361 g/mol. The Balaban J connectivity index is 1.73. The summed E-state index contributed by atoms with van der Waals surface area (Å²) in [4.78, 5) is 9.74. The first kappa shape index (κ1) is 16.8. The van der Waals surface area contributed by atoms with Gasteiger partial charge in [-0.05, 0) is 30.7 Å². The van der Waals surface area contributed by atoms with Gasteiger partial charge in [0.2, 0.25) is 0 Å². The van der Waals surface area contributed by atoms with E-state index < -0.39 is 23.9 Å². The van der Waals surface area contributed by atoms with E-state index >= 15 is 0 Å². The van der Waals surface area contributed by atoms with Crippen molar-refractivity contribution in [1.82, 2.24) is 9.97 Å². The molecular formula is C19H15F4N3. The average Bonchev–Trinajstić information content (AvgIpc) is 3.10. The number of alkyl halides is 2. The van der Waals surface area contributed by atoms with E-state index in [1.807, 2.05) is 0 Å². The second kappa shape index (κ2) is 6.55. The summed E-state index contributed by atoms with van der Waals surface area (Å²) in [5.74, 6) is -1.69. The van der Waals surface area contributed by atoms with Crippen molar-refractivity contribution in [3.05, 3.63) is 65.5 Å². The van der Waals surface area contributed by atoms with Crippen LogP contribution in [0.5, 0.6) is 0 Å². The molecule has 0 N–H and O–H groups in total. The molecule has 4 rings (SSSR count). The second-order valence-electron chi connectivity index (χ2n) is 6.29. The van der Waals surface area contributed by atoms with Gasteiger partial charge < -0.3 is 4.90 Å². The molecule has 3 nitrogen and oxygen atoms in total. The van der Waals surface area contributed by atoms with E-state index in [-0.39, 0.29) is 11.5 Å². The highest BCUT2D eigenvalue weighted by atomic mass is 19.3. The Hall–Kier alpha value is -2.70. The van der Waals surface area contributed by atoms with Crippen molar-refractivity contribution < 1.29 is 17.6 Å². The molecule has 1 unspecified atom stereocenters. The van der Waals surface area contributed by atoms with Gasteiger partial charge in [-0.15, -0.1) is 0 Å². The lowest BCUT2D eigenvalue weighted by molar-refractivity contribution is 0.141. The summed E-state index contributed by atoms with van der Waals surface area (Å²) in [5, 5.41) is 0.645. The maximum atomic E-state index is 14.1. The molecule has 1 aromatic heterocycles. The monoisotopic (exact) mass is 361 g/mol. The predicted molar refractivity (Wildman–Crippen MR) is 90.4 cm³/mol. The molecule has 2 aromatic carbocycles. The van der Waals surface area contributed by atoms with E-state index in [4.69, 9.17) is 0 Å². The number of aromatic nitrogens is 2. The van der Waals surface area contributed by atoms with Crippen molar-refractivity contribution in [2.75, 3.05) is 18.0 Å². The highest BCUT2D eigenvalue weighted by Gasteiger charge is 2.30. The number of hydrogen-bond donors (Lipinski definition) is 0. The van der Waals surface area contributed by atoms with E-state index in [2.05, 4.69) is 9.97 Å². The molecule has 1 saturated heterocycles. The van der Waals surface area contributed by atoms with Gasteiger partial charge >= 0.3 is 0 Å². The Bertz CT molecular complexity index is 940. The predicted octanol–water partition coefficient (Wildman–Crippen LogP) is 4.84. The molecule has 26 heavy (non-hydrogen) atoms. The van der Waals surface area contributed by atoms with Crippen LogP contribution in [0.1, 0.15) is 30.2 Å². The van der Waals surface area contributed by atoms with Gasteiger partial charge in [0, 0.05) is 30.0 Å². The van der Waals surface area contributed by atoms with Gasteiger partial charge in [0.05, 0.1) is 5.52 Å². The number of nitrogens with zero attached hydrogens (tertiary/aromatic N) is 3. The van der Waals surface area contributed by atoms with Crippen LogP contribution in [-0.4, -0.2) is 23.1 Å². The molecule has 0 amide bonds. The number of para-hydroxylation sites is 1. The molecule has 0 radical (unpaired) electrons. The molecule has 3 aromatic rings. The topological polar surface area (TPSA) is 29.0 Å². The van der Waals surface area contributed by atoms with E-state index in [0.29, 0.717) is 36.2 Å². The first-order valence-corrected chi connectivity index (χ1v) is 8.28. The highest BCUT2D eigenvalue weighted by Crippen LogP contribution is 2.35. The third kappa shape index (κ3) is 2.87. The normalized spacial score (nSPS) is 17.4. The van der Waals surface area contributed by atoms with Gasteiger partial charge in [-0.1, -0.05) is 18.2 Å². The molecular weight excluding hydrogens is 346 g/mol. The summed E-state index contributed by atoms with van der Waals surface area (Å²) >= 11 is 0. The van der Waals surface area contributed by atoms with Crippen molar-refractivity contribution >= 4 is 16.7 Å². The summed E-state index contributed by atoms with van der Waals surface area (Å²) in [6.45, 7) is 0.781. The van der Waals surface area contributed by atoms with Gasteiger partial charge in [0.25, 0.3) is 6.43 Å². The van der Waals surface area contributed by atoms with Gasteiger partial charge in [-0.25, -0.2) is 27.5 Å². The molecule has 1 aliphatic heterocycles. The van der Waals surface area contributed by atoms with Crippen molar-refractivity contribution in [2.24, 2.45) is 0 Å². The highest BCUT2D eigenvalue weighted by molar-refractivity contribution is 5.89. The summed E-state index contributed by atoms with van der Waals surface area (Å²) in [7, 11) is 0. The molecule has 2 heterocycles. The lowest BCUT2D eigenvalue weighted by Crippen LogP contribution is -2.22. The molecule has 1 fully saturated rings. The van der Waals surface area contributed by atoms with Gasteiger partial charge in [-0.3, -0.25) is 0 Å². The summed E-state index contributed by atoms with van der Waals surface area (Å²) in [5.41, 5.74) is 0.468. The van der Waals surface area contributed by atoms with Gasteiger partial charge in [0.1, 0.15) is 17.5 Å². The van der Waals surface area contributed by atoms with Crippen LogP contribution < -0.4 is 4.90 Å². The SMILES string of the molecule is Fc1cccc(F)c1C1CCN(c2nc(C(F)F)nc3ccccc23)C1. The lowest BCUT2D eigenvalue weighted by Gasteiger charge is -2.20. The Morgan fingerprint density at radius 3 is 2.42 bits per heavy atom. The Kier molecular flexibility index (Phi) is 4.22. The first-order chi connectivity index (χ1) is 12.5. The summed E-state index contributed by atoms with van der Waals surface area (Å²) in [6.07, 6.45) is -2.28. The van der Waals surface area contributed by atoms with Crippen molar-refractivity contribution in [3.63, 3.8) is 0 Å². The number of rotatable bonds is 3. The van der Waals surface area contributed by atoms with Crippen molar-refractivity contribution in [3.8, 4) is 0 Å². The number of halogens is 4. The maximum absolute atomic E-state index is 14.1. The minimum absolute atomic E-state index is 0.0439. The zero-order valence-corrected chi connectivity index (χ0v) is 13.7. The zero-order valence-electron chi connectivity index (χ0n) is 13.7. The summed E-state index contributed by atoms with van der Waals surface area (Å²) in [6, 6.07) is 10.7. The van der Waals surface area contributed by atoms with Gasteiger partial charge in [-0.2, -0.15) is 0 Å². The van der Waals surface area contributed by atoms with Crippen LogP contribution in [0, 0.1) is 11.6 Å².